The summed E-state index contributed by atoms with van der Waals surface area (Å²) in [6, 6.07) is 13.5. The number of nitrogens with one attached hydrogen (secondary N) is 2. The van der Waals surface area contributed by atoms with Crippen LogP contribution in [0.3, 0.4) is 0 Å². The summed E-state index contributed by atoms with van der Waals surface area (Å²) < 4.78 is 5.92. The van der Waals surface area contributed by atoms with Gasteiger partial charge in [-0.05, 0) is 30.7 Å². The molecule has 1 aliphatic heterocycles. The molecule has 0 atom stereocenters. The summed E-state index contributed by atoms with van der Waals surface area (Å²) in [7, 11) is 0. The standard InChI is InChI=1S/C18H17N5OS/c1-2-6-13(7-3-1)24-16-14(8-4-9-19-16)15-12-25-18(22-15)23-17-20-10-5-11-21-17/h1-4,6-9,12H,5,10-11H2,(H2,20,21,22,23). The number of pyridine rings is 1. The molecule has 0 saturated carbocycles. The van der Waals surface area contributed by atoms with Crippen molar-refractivity contribution >= 4 is 22.4 Å². The second-order valence-corrected chi connectivity index (χ2v) is 6.30. The monoisotopic (exact) mass is 351 g/mol. The zero-order valence-electron chi connectivity index (χ0n) is 13.5. The molecule has 4 rings (SSSR count). The van der Waals surface area contributed by atoms with Crippen LogP contribution < -0.4 is 15.4 Å². The van der Waals surface area contributed by atoms with Crippen molar-refractivity contribution < 1.29 is 4.74 Å². The second kappa shape index (κ2) is 7.31. The third-order valence-corrected chi connectivity index (χ3v) is 4.39. The largest absolute Gasteiger partial charge is 0.438 e. The van der Waals surface area contributed by atoms with Gasteiger partial charge in [0.05, 0.1) is 11.3 Å². The molecule has 0 bridgehead atoms. The van der Waals surface area contributed by atoms with E-state index in [-0.39, 0.29) is 0 Å². The van der Waals surface area contributed by atoms with E-state index in [0.29, 0.717) is 5.88 Å². The zero-order chi connectivity index (χ0) is 16.9. The molecule has 25 heavy (non-hydrogen) atoms. The number of anilines is 1. The van der Waals surface area contributed by atoms with Crippen LogP contribution in [-0.4, -0.2) is 29.0 Å². The molecule has 7 heteroatoms. The molecule has 126 valence electrons. The molecule has 0 amide bonds. The smallest absolute Gasteiger partial charge is 0.228 e. The lowest BCUT2D eigenvalue weighted by Gasteiger charge is -2.14. The number of para-hydroxylation sites is 1. The fraction of sp³-hybridized carbons (Fsp3) is 0.167. The Bertz CT molecular complexity index is 878. The summed E-state index contributed by atoms with van der Waals surface area (Å²) in [5.41, 5.74) is 1.68. The maximum Gasteiger partial charge on any atom is 0.228 e. The first-order valence-corrected chi connectivity index (χ1v) is 8.95. The number of aromatic nitrogens is 2. The molecule has 2 aromatic heterocycles. The van der Waals surface area contributed by atoms with Gasteiger partial charge in [-0.25, -0.2) is 9.97 Å². The van der Waals surface area contributed by atoms with Crippen molar-refractivity contribution in [1.82, 2.24) is 15.3 Å². The summed E-state index contributed by atoms with van der Waals surface area (Å²) in [6.07, 6.45) is 2.78. The van der Waals surface area contributed by atoms with E-state index in [1.165, 1.54) is 11.3 Å². The van der Waals surface area contributed by atoms with Gasteiger partial charge in [-0.2, -0.15) is 0 Å². The summed E-state index contributed by atoms with van der Waals surface area (Å²) in [5.74, 6) is 2.06. The normalized spacial score (nSPS) is 13.7. The molecule has 3 heterocycles. The summed E-state index contributed by atoms with van der Waals surface area (Å²) in [5, 5.41) is 9.23. The van der Waals surface area contributed by atoms with Crippen molar-refractivity contribution in [2.24, 2.45) is 4.99 Å². The van der Waals surface area contributed by atoms with Crippen LogP contribution in [0.25, 0.3) is 11.3 Å². The average molecular weight is 351 g/mol. The molecule has 6 nitrogen and oxygen atoms in total. The van der Waals surface area contributed by atoms with Gasteiger partial charge >= 0.3 is 0 Å². The molecule has 1 aromatic carbocycles. The highest BCUT2D eigenvalue weighted by Crippen LogP contribution is 2.33. The minimum Gasteiger partial charge on any atom is -0.438 e. The number of nitrogens with zero attached hydrogens (tertiary/aromatic N) is 3. The number of guanidine groups is 1. The van der Waals surface area contributed by atoms with E-state index >= 15 is 0 Å². The SMILES string of the molecule is c1ccc(Oc2ncccc2-c2csc(NC3=NCCCN3)n2)cc1. The van der Waals surface area contributed by atoms with Crippen molar-refractivity contribution in [3.8, 4) is 22.9 Å². The van der Waals surface area contributed by atoms with Crippen LogP contribution in [0.5, 0.6) is 11.6 Å². The molecular weight excluding hydrogens is 334 g/mol. The van der Waals surface area contributed by atoms with Gasteiger partial charge in [0.1, 0.15) is 5.75 Å². The summed E-state index contributed by atoms with van der Waals surface area (Å²) in [6.45, 7) is 1.77. The Hall–Kier alpha value is -2.93. The molecule has 1 aliphatic rings. The van der Waals surface area contributed by atoms with Gasteiger partial charge in [0.25, 0.3) is 0 Å². The summed E-state index contributed by atoms with van der Waals surface area (Å²) >= 11 is 1.53. The molecule has 0 unspecified atom stereocenters. The molecule has 0 saturated heterocycles. The predicted octanol–water partition coefficient (Wildman–Crippen LogP) is 3.76. The van der Waals surface area contributed by atoms with E-state index in [9.17, 15) is 0 Å². The van der Waals surface area contributed by atoms with E-state index in [1.807, 2.05) is 47.8 Å². The topological polar surface area (TPSA) is 71.4 Å². The first-order chi connectivity index (χ1) is 12.4. The van der Waals surface area contributed by atoms with Crippen molar-refractivity contribution in [2.75, 3.05) is 18.4 Å². The van der Waals surface area contributed by atoms with E-state index in [4.69, 9.17) is 4.74 Å². The van der Waals surface area contributed by atoms with Crippen LogP contribution >= 0.6 is 11.3 Å². The number of aliphatic imine (C=N–C) groups is 1. The molecule has 0 fully saturated rings. The van der Waals surface area contributed by atoms with Crippen LogP contribution in [0.4, 0.5) is 5.13 Å². The van der Waals surface area contributed by atoms with Gasteiger partial charge in [0, 0.05) is 24.7 Å². The van der Waals surface area contributed by atoms with Gasteiger partial charge in [-0.3, -0.25) is 4.99 Å². The van der Waals surface area contributed by atoms with E-state index < -0.39 is 0 Å². The van der Waals surface area contributed by atoms with Gasteiger partial charge in [-0.1, -0.05) is 18.2 Å². The highest BCUT2D eigenvalue weighted by atomic mass is 32.1. The predicted molar refractivity (Wildman–Crippen MR) is 100 cm³/mol. The van der Waals surface area contributed by atoms with Crippen molar-refractivity contribution in [1.29, 1.82) is 0 Å². The molecule has 0 aliphatic carbocycles. The van der Waals surface area contributed by atoms with Crippen LogP contribution in [-0.2, 0) is 0 Å². The van der Waals surface area contributed by atoms with Gasteiger partial charge in [-0.15, -0.1) is 11.3 Å². The first kappa shape index (κ1) is 15.6. The minimum absolute atomic E-state index is 0.540. The molecule has 0 spiro atoms. The number of rotatable bonds is 4. The lowest BCUT2D eigenvalue weighted by molar-refractivity contribution is 0.465. The average Bonchev–Trinajstić information content (AvgIpc) is 3.12. The lowest BCUT2D eigenvalue weighted by atomic mass is 10.2. The Morgan fingerprint density at radius 1 is 1.12 bits per heavy atom. The minimum atomic E-state index is 0.540. The first-order valence-electron chi connectivity index (χ1n) is 8.08. The van der Waals surface area contributed by atoms with Gasteiger partial charge in [0.15, 0.2) is 11.1 Å². The van der Waals surface area contributed by atoms with E-state index in [2.05, 4.69) is 25.6 Å². The third-order valence-electron chi connectivity index (χ3n) is 3.63. The van der Waals surface area contributed by atoms with Crippen molar-refractivity contribution in [2.45, 2.75) is 6.42 Å². The number of ether oxygens (including phenoxy) is 1. The Balaban J connectivity index is 1.57. The maximum atomic E-state index is 5.92. The van der Waals surface area contributed by atoms with Gasteiger partial charge in [0.2, 0.25) is 5.88 Å². The zero-order valence-corrected chi connectivity index (χ0v) is 14.3. The fourth-order valence-corrected chi connectivity index (χ4v) is 3.15. The number of thiazole rings is 1. The number of hydrogen-bond donors (Lipinski definition) is 2. The maximum absolute atomic E-state index is 5.92. The van der Waals surface area contributed by atoms with Gasteiger partial charge < -0.3 is 15.4 Å². The highest BCUT2D eigenvalue weighted by molar-refractivity contribution is 7.14. The number of benzene rings is 1. The van der Waals surface area contributed by atoms with Crippen LogP contribution in [0.1, 0.15) is 6.42 Å². The molecule has 0 radical (unpaired) electrons. The molecule has 2 N–H and O–H groups in total. The van der Waals surface area contributed by atoms with Crippen LogP contribution in [0.15, 0.2) is 59.0 Å². The lowest BCUT2D eigenvalue weighted by Crippen LogP contribution is -2.35. The Kier molecular flexibility index (Phi) is 4.56. The Morgan fingerprint density at radius 3 is 2.88 bits per heavy atom. The fourth-order valence-electron chi connectivity index (χ4n) is 2.44. The highest BCUT2D eigenvalue weighted by Gasteiger charge is 2.13. The molecule has 3 aromatic rings. The molecular formula is C18H17N5OS. The summed E-state index contributed by atoms with van der Waals surface area (Å²) in [4.78, 5) is 13.4. The quantitative estimate of drug-likeness (QED) is 0.749. The second-order valence-electron chi connectivity index (χ2n) is 5.44. The van der Waals surface area contributed by atoms with Crippen molar-refractivity contribution in [3.63, 3.8) is 0 Å². The van der Waals surface area contributed by atoms with E-state index in [1.54, 1.807) is 6.20 Å². The van der Waals surface area contributed by atoms with Crippen molar-refractivity contribution in [3.05, 3.63) is 54.0 Å². The Labute approximate surface area is 149 Å². The van der Waals surface area contributed by atoms with Crippen LogP contribution in [0.2, 0.25) is 0 Å². The Morgan fingerprint density at radius 2 is 2.04 bits per heavy atom. The van der Waals surface area contributed by atoms with E-state index in [0.717, 1.165) is 47.6 Å². The van der Waals surface area contributed by atoms with Crippen LogP contribution in [0, 0.1) is 0 Å². The number of hydrogen-bond acceptors (Lipinski definition) is 7. The third kappa shape index (κ3) is 3.77.